The minimum absolute atomic E-state index is 0.0565. The molecule has 0 aliphatic heterocycles. The third-order valence-electron chi connectivity index (χ3n) is 31.2. The molecule has 0 bridgehead atoms. The van der Waals surface area contributed by atoms with Crippen molar-refractivity contribution in [3.8, 4) is 145 Å². The molecule has 0 spiro atoms. The molecule has 0 nitrogen and oxygen atoms in total. The molecule has 0 N–H and O–H groups in total. The highest BCUT2D eigenvalue weighted by Crippen LogP contribution is 2.56. The lowest BCUT2D eigenvalue weighted by Crippen LogP contribution is -2.14. The van der Waals surface area contributed by atoms with Gasteiger partial charge in [0, 0.05) is 5.41 Å². The standard InChI is InChI=1S/C66H42.C45H32.C36H24/c1-3-17-43(18-4-1)45-31-35-47(36-32-45)63-54-25-11-12-26-55(54)64(48-37-33-46(34-38-48)44-19-5-2-6-20-44)62-42-50(39-40-60(62)63)65-56-27-13-15-29-58(56)66(59-30-16-14-28-57(59)65)61-41-49-21-7-8-22-51(49)52-23-9-10-24-53(52)61;1-45(2)41-22-11-10-18-35(41)36-25-24-32(28-42(36)45)44-38-20-9-8-19-37(38)43(30-14-4-3-5-15-30)40-27-31(23-26-39(40)44)34-21-12-16-29-13-6-7-17-33(29)34;1-3-12-25(13-4-1)28-22-23-33-34(24-28)35(27-15-5-2-6-16-27)31-19-9-10-20-32(31)36(33)30-21-11-17-26-14-7-8-18-29(26)30/h1-42H;3-28H,1-2H3;1-24H. The summed E-state index contributed by atoms with van der Waals surface area (Å²) in [7, 11) is 0. The lowest BCUT2D eigenvalue weighted by Gasteiger charge is -2.23. The van der Waals surface area contributed by atoms with Gasteiger partial charge in [-0.05, 0) is 315 Å². The Kier molecular flexibility index (Phi) is 21.8. The average molecular weight is 1860 g/mol. The van der Waals surface area contributed by atoms with Crippen LogP contribution in [0.1, 0.15) is 25.0 Å². The van der Waals surface area contributed by atoms with Crippen LogP contribution in [0.2, 0.25) is 0 Å². The predicted octanol–water partition coefficient (Wildman–Crippen LogP) is 41.2. The second-order valence-electron chi connectivity index (χ2n) is 39.7. The molecule has 1 aliphatic rings. The van der Waals surface area contributed by atoms with Crippen LogP contribution in [0.15, 0.2) is 558 Å². The fraction of sp³-hybridized carbons (Fsp3) is 0.0204. The van der Waals surface area contributed by atoms with Crippen molar-refractivity contribution >= 4 is 129 Å². The molecule has 147 heavy (non-hydrogen) atoms. The summed E-state index contributed by atoms with van der Waals surface area (Å²) in [6.07, 6.45) is 0. The first-order valence-corrected chi connectivity index (χ1v) is 51.2. The smallest absolute Gasteiger partial charge is 0.0159 e. The van der Waals surface area contributed by atoms with E-state index in [1.165, 1.54) is 285 Å². The van der Waals surface area contributed by atoms with E-state index in [-0.39, 0.29) is 5.41 Å². The second kappa shape index (κ2) is 36.7. The summed E-state index contributed by atoms with van der Waals surface area (Å²) in [6, 6.07) is 205. The van der Waals surface area contributed by atoms with Gasteiger partial charge in [0.2, 0.25) is 0 Å². The van der Waals surface area contributed by atoms with Crippen LogP contribution >= 0.6 is 0 Å². The Labute approximate surface area is 856 Å². The fourth-order valence-corrected chi connectivity index (χ4v) is 24.4. The molecule has 0 atom stereocenters. The van der Waals surface area contributed by atoms with Crippen molar-refractivity contribution in [1.82, 2.24) is 0 Å². The minimum Gasteiger partial charge on any atom is -0.0622 e. The van der Waals surface area contributed by atoms with Gasteiger partial charge in [-0.3, -0.25) is 0 Å². The minimum atomic E-state index is -0.0565. The quantitative estimate of drug-likeness (QED) is 0.0845. The molecule has 0 radical (unpaired) electrons. The molecule has 0 amide bonds. The van der Waals surface area contributed by atoms with E-state index in [9.17, 15) is 0 Å². The molecule has 0 fully saturated rings. The van der Waals surface area contributed by atoms with Gasteiger partial charge in [-0.1, -0.05) is 542 Å². The Morgan fingerprint density at radius 3 is 0.810 bits per heavy atom. The van der Waals surface area contributed by atoms with Crippen LogP contribution in [0, 0.1) is 0 Å². The molecular formula is C147H98. The van der Waals surface area contributed by atoms with E-state index in [4.69, 9.17) is 0 Å². The molecule has 0 unspecified atom stereocenters. The van der Waals surface area contributed by atoms with Crippen LogP contribution < -0.4 is 0 Å². The zero-order valence-electron chi connectivity index (χ0n) is 81.6. The highest BCUT2D eigenvalue weighted by Gasteiger charge is 2.36. The molecule has 28 aromatic carbocycles. The van der Waals surface area contributed by atoms with E-state index < -0.39 is 0 Å². The van der Waals surface area contributed by atoms with Crippen molar-refractivity contribution < 1.29 is 0 Å². The van der Waals surface area contributed by atoms with Crippen molar-refractivity contribution in [2.75, 3.05) is 0 Å². The van der Waals surface area contributed by atoms with Crippen molar-refractivity contribution in [3.63, 3.8) is 0 Å². The number of hydrogen-bond acceptors (Lipinski definition) is 0. The zero-order chi connectivity index (χ0) is 97.6. The zero-order valence-corrected chi connectivity index (χ0v) is 81.6. The molecule has 686 valence electrons. The molecule has 0 heterocycles. The summed E-state index contributed by atoms with van der Waals surface area (Å²) in [5.41, 5.74) is 35.4. The molecule has 29 rings (SSSR count). The van der Waals surface area contributed by atoms with Crippen molar-refractivity contribution in [1.29, 1.82) is 0 Å². The Bertz CT molecular complexity index is 10000. The molecular weight excluding hydrogens is 1770 g/mol. The normalized spacial score (nSPS) is 12.1. The first kappa shape index (κ1) is 87.3. The molecule has 0 saturated carbocycles. The van der Waals surface area contributed by atoms with E-state index in [0.717, 1.165) is 0 Å². The molecule has 0 aromatic heterocycles. The fourth-order valence-electron chi connectivity index (χ4n) is 24.4. The highest BCUT2D eigenvalue weighted by atomic mass is 14.4. The lowest BCUT2D eigenvalue weighted by molar-refractivity contribution is 0.660. The van der Waals surface area contributed by atoms with Crippen LogP contribution in [-0.4, -0.2) is 0 Å². The van der Waals surface area contributed by atoms with E-state index in [2.05, 4.69) is 572 Å². The van der Waals surface area contributed by atoms with E-state index in [1.807, 2.05) is 0 Å². The van der Waals surface area contributed by atoms with Crippen molar-refractivity contribution in [3.05, 3.63) is 569 Å². The first-order chi connectivity index (χ1) is 72.7. The molecule has 1 aliphatic carbocycles. The van der Waals surface area contributed by atoms with Crippen LogP contribution in [0.5, 0.6) is 0 Å². The third-order valence-corrected chi connectivity index (χ3v) is 31.2. The van der Waals surface area contributed by atoms with Crippen molar-refractivity contribution in [2.24, 2.45) is 0 Å². The average Bonchev–Trinajstić information content (AvgIpc) is 1.67. The Morgan fingerprint density at radius 1 is 0.102 bits per heavy atom. The molecule has 0 heteroatoms. The summed E-state index contributed by atoms with van der Waals surface area (Å²) in [4.78, 5) is 0. The van der Waals surface area contributed by atoms with Crippen LogP contribution in [0.25, 0.3) is 274 Å². The first-order valence-electron chi connectivity index (χ1n) is 51.2. The Morgan fingerprint density at radius 2 is 0.347 bits per heavy atom. The number of hydrogen-bond donors (Lipinski definition) is 0. The van der Waals surface area contributed by atoms with Gasteiger partial charge in [-0.25, -0.2) is 0 Å². The summed E-state index contributed by atoms with van der Waals surface area (Å²) in [5.74, 6) is 0. The Balaban J connectivity index is 0.000000115. The van der Waals surface area contributed by atoms with Gasteiger partial charge in [0.25, 0.3) is 0 Å². The number of benzene rings is 28. The summed E-state index contributed by atoms with van der Waals surface area (Å²) >= 11 is 0. The van der Waals surface area contributed by atoms with Gasteiger partial charge < -0.3 is 0 Å². The van der Waals surface area contributed by atoms with Crippen LogP contribution in [0.3, 0.4) is 0 Å². The van der Waals surface area contributed by atoms with E-state index >= 15 is 0 Å². The summed E-state index contributed by atoms with van der Waals surface area (Å²) < 4.78 is 0. The van der Waals surface area contributed by atoms with E-state index in [1.54, 1.807) is 0 Å². The van der Waals surface area contributed by atoms with Gasteiger partial charge >= 0.3 is 0 Å². The van der Waals surface area contributed by atoms with Gasteiger partial charge in [-0.2, -0.15) is 0 Å². The SMILES string of the molecule is CC1(C)c2ccccc2-c2ccc(-c3c4ccccc4c(-c4ccccc4)c4cc(-c5cccc6ccccc56)ccc34)cc21.c1ccc(-c2ccc(-c3c4ccccc4c(-c4ccc(-c5ccccc5)cc4)c4cc(-c5c6ccccc6c(-c6cc7ccccc7c7ccccc67)c6ccccc56)ccc34)cc2)cc1.c1ccc(-c2ccc3c(-c4cccc5ccccc45)c4ccccc4c(-c4ccccc4)c3c2)cc1. The van der Waals surface area contributed by atoms with Gasteiger partial charge in [0.1, 0.15) is 0 Å². The predicted molar refractivity (Wildman–Crippen MR) is 632 cm³/mol. The number of fused-ring (bicyclic) bond motifs is 16. The maximum absolute atomic E-state index is 2.49. The molecule has 28 aromatic rings. The largest absolute Gasteiger partial charge is 0.0622 e. The highest BCUT2D eigenvalue weighted by molar-refractivity contribution is 6.30. The summed E-state index contributed by atoms with van der Waals surface area (Å²) in [5, 5.41) is 30.4. The van der Waals surface area contributed by atoms with E-state index in [0.29, 0.717) is 0 Å². The number of rotatable bonds is 12. The summed E-state index contributed by atoms with van der Waals surface area (Å²) in [6.45, 7) is 4.74. The van der Waals surface area contributed by atoms with Gasteiger partial charge in [-0.15, -0.1) is 0 Å². The topological polar surface area (TPSA) is 0 Å². The molecule has 0 saturated heterocycles. The van der Waals surface area contributed by atoms with Crippen molar-refractivity contribution in [2.45, 2.75) is 19.3 Å². The monoisotopic (exact) mass is 1860 g/mol. The van der Waals surface area contributed by atoms with Crippen LogP contribution in [0.4, 0.5) is 0 Å². The van der Waals surface area contributed by atoms with Gasteiger partial charge in [0.15, 0.2) is 0 Å². The van der Waals surface area contributed by atoms with Gasteiger partial charge in [0.05, 0.1) is 0 Å². The maximum Gasteiger partial charge on any atom is 0.0159 e. The van der Waals surface area contributed by atoms with Crippen LogP contribution in [-0.2, 0) is 5.41 Å². The Hall–Kier alpha value is -18.7. The maximum atomic E-state index is 2.49. The lowest BCUT2D eigenvalue weighted by atomic mass is 9.80. The third kappa shape index (κ3) is 15.1. The second-order valence-corrected chi connectivity index (χ2v) is 39.7.